The maximum Gasteiger partial charge on any atom is 0.337 e. The Morgan fingerprint density at radius 3 is 2.36 bits per heavy atom. The van der Waals surface area contributed by atoms with Gasteiger partial charge < -0.3 is 15.4 Å². The summed E-state index contributed by atoms with van der Waals surface area (Å²) in [6.45, 7) is 0. The zero-order chi connectivity index (χ0) is 19.9. The lowest BCUT2D eigenvalue weighted by molar-refractivity contribution is 0.0600. The van der Waals surface area contributed by atoms with Crippen LogP contribution in [0, 0.1) is 11.3 Å². The number of nitrogens with one attached hydrogen (secondary N) is 2. The number of esters is 1. The first kappa shape index (κ1) is 18.5. The van der Waals surface area contributed by atoms with Gasteiger partial charge in [-0.15, -0.1) is 0 Å². The summed E-state index contributed by atoms with van der Waals surface area (Å²) in [6, 6.07) is 15.2. The van der Waals surface area contributed by atoms with Crippen molar-refractivity contribution in [2.45, 2.75) is 0 Å². The largest absolute Gasteiger partial charge is 0.465 e. The van der Waals surface area contributed by atoms with Crippen LogP contribution >= 0.6 is 0 Å². The number of nitriles is 1. The highest BCUT2D eigenvalue weighted by molar-refractivity contribution is 6.04. The number of hydrogen-bond donors (Lipinski definition) is 2. The lowest BCUT2D eigenvalue weighted by Crippen LogP contribution is -2.13. The van der Waals surface area contributed by atoms with Crippen LogP contribution in [0.25, 0.3) is 0 Å². The van der Waals surface area contributed by atoms with Gasteiger partial charge in [0, 0.05) is 23.8 Å². The average molecular weight is 373 g/mol. The lowest BCUT2D eigenvalue weighted by atomic mass is 10.2. The van der Waals surface area contributed by atoms with E-state index in [1.54, 1.807) is 48.5 Å². The number of amides is 1. The van der Waals surface area contributed by atoms with Gasteiger partial charge in [-0.25, -0.2) is 14.8 Å². The molecular weight excluding hydrogens is 358 g/mol. The molecule has 0 aliphatic rings. The highest BCUT2D eigenvalue weighted by atomic mass is 16.5. The first-order chi connectivity index (χ1) is 13.6. The number of rotatable bonds is 5. The lowest BCUT2D eigenvalue weighted by Gasteiger charge is -2.07. The molecule has 8 heteroatoms. The van der Waals surface area contributed by atoms with Gasteiger partial charge in [-0.1, -0.05) is 6.07 Å². The number of anilines is 3. The van der Waals surface area contributed by atoms with Crippen molar-refractivity contribution in [1.82, 2.24) is 9.97 Å². The Morgan fingerprint density at radius 1 is 1.00 bits per heavy atom. The first-order valence-corrected chi connectivity index (χ1v) is 8.18. The van der Waals surface area contributed by atoms with Crippen LogP contribution in [0.2, 0.25) is 0 Å². The van der Waals surface area contributed by atoms with Crippen molar-refractivity contribution in [1.29, 1.82) is 5.26 Å². The molecular formula is C20H15N5O3. The number of aromatic nitrogens is 2. The second-order valence-corrected chi connectivity index (χ2v) is 5.64. The summed E-state index contributed by atoms with van der Waals surface area (Å²) in [7, 11) is 1.32. The molecule has 1 heterocycles. The molecule has 3 rings (SSSR count). The first-order valence-electron chi connectivity index (χ1n) is 8.18. The van der Waals surface area contributed by atoms with E-state index >= 15 is 0 Å². The Bertz CT molecular complexity index is 1040. The van der Waals surface area contributed by atoms with Crippen LogP contribution in [0.15, 0.2) is 60.9 Å². The second-order valence-electron chi connectivity index (χ2n) is 5.64. The van der Waals surface area contributed by atoms with E-state index in [-0.39, 0.29) is 11.5 Å². The van der Waals surface area contributed by atoms with E-state index < -0.39 is 5.97 Å². The number of carbonyl (C=O) groups is 2. The van der Waals surface area contributed by atoms with Crippen LogP contribution in [-0.4, -0.2) is 29.0 Å². The van der Waals surface area contributed by atoms with Gasteiger partial charge in [-0.05, 0) is 42.5 Å². The molecule has 0 saturated carbocycles. The van der Waals surface area contributed by atoms with Crippen LogP contribution in [0.3, 0.4) is 0 Å². The Morgan fingerprint density at radius 2 is 1.71 bits per heavy atom. The maximum absolute atomic E-state index is 12.3. The molecule has 0 fully saturated rings. The van der Waals surface area contributed by atoms with Gasteiger partial charge in [0.2, 0.25) is 5.95 Å². The molecule has 0 bridgehead atoms. The molecule has 3 aromatic rings. The smallest absolute Gasteiger partial charge is 0.337 e. The van der Waals surface area contributed by atoms with Crippen LogP contribution in [0.5, 0.6) is 0 Å². The Kier molecular flexibility index (Phi) is 5.58. The standard InChI is InChI=1S/C20H15N5O3/c1-28-19(27)14-5-7-16(8-6-14)25-20-22-11-15(12-23-20)18(26)24-17-4-2-3-13(9-17)10-21/h2-9,11-12H,1H3,(H,24,26)(H,22,23,25). The number of carbonyl (C=O) groups excluding carboxylic acids is 2. The fourth-order valence-corrected chi connectivity index (χ4v) is 2.32. The third kappa shape index (κ3) is 4.47. The monoisotopic (exact) mass is 373 g/mol. The van der Waals surface area contributed by atoms with Crippen LogP contribution in [0.1, 0.15) is 26.3 Å². The molecule has 0 aliphatic carbocycles. The SMILES string of the molecule is COC(=O)c1ccc(Nc2ncc(C(=O)Nc3cccc(C#N)c3)cn2)cc1. The molecule has 0 saturated heterocycles. The summed E-state index contributed by atoms with van der Waals surface area (Å²) < 4.78 is 4.65. The molecule has 0 spiro atoms. The molecule has 0 atom stereocenters. The van der Waals surface area contributed by atoms with Gasteiger partial charge in [0.25, 0.3) is 5.91 Å². The van der Waals surface area contributed by atoms with Gasteiger partial charge in [-0.3, -0.25) is 4.79 Å². The van der Waals surface area contributed by atoms with Gasteiger partial charge >= 0.3 is 5.97 Å². The van der Waals surface area contributed by atoms with Crippen molar-refractivity contribution < 1.29 is 14.3 Å². The Hall–Kier alpha value is -4.25. The summed E-state index contributed by atoms with van der Waals surface area (Å²) >= 11 is 0. The summed E-state index contributed by atoms with van der Waals surface area (Å²) in [5, 5.41) is 14.6. The van der Waals surface area contributed by atoms with Gasteiger partial charge in [-0.2, -0.15) is 5.26 Å². The predicted molar refractivity (Wildman–Crippen MR) is 102 cm³/mol. The van der Waals surface area contributed by atoms with Gasteiger partial charge in [0.15, 0.2) is 0 Å². The minimum atomic E-state index is -0.418. The van der Waals surface area contributed by atoms with E-state index in [9.17, 15) is 9.59 Å². The summed E-state index contributed by atoms with van der Waals surface area (Å²) in [4.78, 5) is 31.9. The molecule has 1 aromatic heterocycles. The van der Waals surface area contributed by atoms with Crippen LogP contribution < -0.4 is 10.6 Å². The van der Waals surface area contributed by atoms with Crippen molar-refractivity contribution in [2.24, 2.45) is 0 Å². The van der Waals surface area contributed by atoms with Crippen molar-refractivity contribution in [3.63, 3.8) is 0 Å². The van der Waals surface area contributed by atoms with E-state index in [0.717, 1.165) is 0 Å². The fraction of sp³-hybridized carbons (Fsp3) is 0.0500. The minimum Gasteiger partial charge on any atom is -0.465 e. The third-order valence-electron chi connectivity index (χ3n) is 3.73. The molecule has 0 radical (unpaired) electrons. The number of benzene rings is 2. The normalized spacial score (nSPS) is 9.86. The van der Waals surface area contributed by atoms with Gasteiger partial charge in [0.05, 0.1) is 29.9 Å². The number of hydrogen-bond acceptors (Lipinski definition) is 7. The highest BCUT2D eigenvalue weighted by Crippen LogP contribution is 2.15. The number of methoxy groups -OCH3 is 1. The Balaban J connectivity index is 1.65. The number of nitrogens with zero attached hydrogens (tertiary/aromatic N) is 3. The fourth-order valence-electron chi connectivity index (χ4n) is 2.32. The second kappa shape index (κ2) is 8.42. The van der Waals surface area contributed by atoms with Crippen LogP contribution in [-0.2, 0) is 4.74 Å². The van der Waals surface area contributed by atoms with E-state index in [1.165, 1.54) is 19.5 Å². The quantitative estimate of drug-likeness (QED) is 0.660. The maximum atomic E-state index is 12.3. The molecule has 1 amide bonds. The highest BCUT2D eigenvalue weighted by Gasteiger charge is 2.09. The van der Waals surface area contributed by atoms with E-state index in [1.807, 2.05) is 6.07 Å². The van der Waals surface area contributed by atoms with Crippen LogP contribution in [0.4, 0.5) is 17.3 Å². The Labute approximate surface area is 160 Å². The molecule has 2 N–H and O–H groups in total. The molecule has 0 aliphatic heterocycles. The predicted octanol–water partition coefficient (Wildman–Crippen LogP) is 3.13. The van der Waals surface area contributed by atoms with E-state index in [0.29, 0.717) is 28.5 Å². The van der Waals surface area contributed by atoms with Crippen molar-refractivity contribution >= 4 is 29.2 Å². The topological polar surface area (TPSA) is 117 Å². The third-order valence-corrected chi connectivity index (χ3v) is 3.73. The molecule has 0 unspecified atom stereocenters. The summed E-state index contributed by atoms with van der Waals surface area (Å²) in [5.74, 6) is -0.503. The summed E-state index contributed by atoms with van der Waals surface area (Å²) in [6.07, 6.45) is 2.78. The summed E-state index contributed by atoms with van der Waals surface area (Å²) in [5.41, 5.74) is 2.34. The average Bonchev–Trinajstić information content (AvgIpc) is 2.74. The zero-order valence-corrected chi connectivity index (χ0v) is 14.8. The van der Waals surface area contributed by atoms with Gasteiger partial charge in [0.1, 0.15) is 0 Å². The molecule has 138 valence electrons. The van der Waals surface area contributed by atoms with Crippen molar-refractivity contribution in [3.05, 3.63) is 77.6 Å². The van der Waals surface area contributed by atoms with E-state index in [4.69, 9.17) is 5.26 Å². The van der Waals surface area contributed by atoms with Crippen molar-refractivity contribution in [3.8, 4) is 6.07 Å². The van der Waals surface area contributed by atoms with E-state index in [2.05, 4.69) is 25.3 Å². The molecule has 8 nitrogen and oxygen atoms in total. The zero-order valence-electron chi connectivity index (χ0n) is 14.8. The molecule has 2 aromatic carbocycles. The molecule has 28 heavy (non-hydrogen) atoms. The van der Waals surface area contributed by atoms with Crippen molar-refractivity contribution in [2.75, 3.05) is 17.7 Å². The number of ether oxygens (including phenoxy) is 1. The minimum absolute atomic E-state index is 0.272.